The first-order valence-electron chi connectivity index (χ1n) is 8.21. The molecule has 0 radical (unpaired) electrons. The summed E-state index contributed by atoms with van der Waals surface area (Å²) in [5.74, 6) is 0.0898. The van der Waals surface area contributed by atoms with E-state index in [1.807, 2.05) is 30.3 Å². The number of carbonyl (C=O) groups is 1. The summed E-state index contributed by atoms with van der Waals surface area (Å²) in [5.41, 5.74) is 2.28. The Morgan fingerprint density at radius 1 is 1.04 bits per heavy atom. The highest BCUT2D eigenvalue weighted by molar-refractivity contribution is 5.92. The lowest BCUT2D eigenvalue weighted by Crippen LogP contribution is -2.27. The fraction of sp³-hybridized carbons (Fsp3) is 0.150. The van der Waals surface area contributed by atoms with Crippen LogP contribution >= 0.6 is 0 Å². The summed E-state index contributed by atoms with van der Waals surface area (Å²) in [4.78, 5) is 22.4. The molecule has 3 rings (SSSR count). The van der Waals surface area contributed by atoms with E-state index in [0.717, 1.165) is 11.1 Å². The lowest BCUT2D eigenvalue weighted by Gasteiger charge is -2.17. The second-order valence-corrected chi connectivity index (χ2v) is 5.92. The summed E-state index contributed by atoms with van der Waals surface area (Å²) in [6.45, 7) is 0.979. The van der Waals surface area contributed by atoms with Gasteiger partial charge >= 0.3 is 0 Å². The molecule has 1 heterocycles. The minimum absolute atomic E-state index is 0.180. The molecule has 0 bridgehead atoms. The third-order valence-electron chi connectivity index (χ3n) is 3.88. The molecule has 1 aromatic heterocycles. The molecular formula is C20H19FN4O. The highest BCUT2D eigenvalue weighted by atomic mass is 19.1. The van der Waals surface area contributed by atoms with E-state index in [2.05, 4.69) is 15.3 Å². The number of hydrogen-bond donors (Lipinski definition) is 1. The van der Waals surface area contributed by atoms with Crippen molar-refractivity contribution >= 4 is 11.7 Å². The fourth-order valence-corrected chi connectivity index (χ4v) is 2.49. The van der Waals surface area contributed by atoms with Crippen molar-refractivity contribution in [2.45, 2.75) is 13.1 Å². The van der Waals surface area contributed by atoms with Gasteiger partial charge in [-0.25, -0.2) is 14.4 Å². The van der Waals surface area contributed by atoms with E-state index < -0.39 is 0 Å². The Morgan fingerprint density at radius 2 is 1.77 bits per heavy atom. The number of nitrogens with zero attached hydrogens (tertiary/aromatic N) is 3. The molecule has 26 heavy (non-hydrogen) atoms. The number of rotatable bonds is 6. The van der Waals surface area contributed by atoms with Crippen LogP contribution < -0.4 is 5.32 Å². The van der Waals surface area contributed by atoms with E-state index in [0.29, 0.717) is 24.6 Å². The summed E-state index contributed by atoms with van der Waals surface area (Å²) in [5, 5.41) is 3.12. The smallest absolute Gasteiger partial charge is 0.272 e. The van der Waals surface area contributed by atoms with Crippen molar-refractivity contribution in [3.05, 3.63) is 89.6 Å². The van der Waals surface area contributed by atoms with Gasteiger partial charge in [-0.15, -0.1) is 0 Å². The first kappa shape index (κ1) is 17.5. The van der Waals surface area contributed by atoms with Crippen molar-refractivity contribution in [2.75, 3.05) is 12.4 Å². The molecule has 3 aromatic rings. The standard InChI is InChI=1S/C20H19FN4O/c1-25(13-16-5-3-2-4-6-16)20(26)18-11-19(24-14-23-18)22-12-15-7-9-17(21)10-8-15/h2-11,14H,12-13H2,1H3,(H,22,23,24). The summed E-state index contributed by atoms with van der Waals surface area (Å²) >= 11 is 0. The zero-order valence-electron chi connectivity index (χ0n) is 14.4. The molecule has 0 atom stereocenters. The molecule has 1 amide bonds. The minimum atomic E-state index is -0.273. The highest BCUT2D eigenvalue weighted by Crippen LogP contribution is 2.11. The Balaban J connectivity index is 1.64. The second-order valence-electron chi connectivity index (χ2n) is 5.92. The maximum Gasteiger partial charge on any atom is 0.272 e. The first-order valence-corrected chi connectivity index (χ1v) is 8.21. The monoisotopic (exact) mass is 350 g/mol. The van der Waals surface area contributed by atoms with Gasteiger partial charge < -0.3 is 10.2 Å². The molecule has 5 nitrogen and oxygen atoms in total. The molecule has 0 fully saturated rings. The maximum atomic E-state index is 12.9. The molecule has 132 valence electrons. The maximum absolute atomic E-state index is 12.9. The third kappa shape index (κ3) is 4.63. The van der Waals surface area contributed by atoms with Crippen molar-refractivity contribution in [1.29, 1.82) is 0 Å². The van der Waals surface area contributed by atoms with Gasteiger partial charge in [-0.05, 0) is 23.3 Å². The fourth-order valence-electron chi connectivity index (χ4n) is 2.49. The van der Waals surface area contributed by atoms with Crippen LogP contribution in [0.1, 0.15) is 21.6 Å². The summed E-state index contributed by atoms with van der Waals surface area (Å²) in [6.07, 6.45) is 1.36. The van der Waals surface area contributed by atoms with Crippen molar-refractivity contribution in [3.8, 4) is 0 Å². The van der Waals surface area contributed by atoms with Crippen LogP contribution in [0.2, 0.25) is 0 Å². The molecule has 0 aliphatic rings. The van der Waals surface area contributed by atoms with E-state index in [4.69, 9.17) is 0 Å². The summed E-state index contributed by atoms with van der Waals surface area (Å²) < 4.78 is 12.9. The third-order valence-corrected chi connectivity index (χ3v) is 3.88. The molecule has 2 aromatic carbocycles. The summed E-state index contributed by atoms with van der Waals surface area (Å²) in [6, 6.07) is 17.6. The van der Waals surface area contributed by atoms with Crippen LogP contribution in [0.25, 0.3) is 0 Å². The van der Waals surface area contributed by atoms with Gasteiger partial charge in [-0.1, -0.05) is 42.5 Å². The molecule has 0 saturated heterocycles. The van der Waals surface area contributed by atoms with E-state index in [1.165, 1.54) is 18.5 Å². The first-order chi connectivity index (χ1) is 12.6. The van der Waals surface area contributed by atoms with Gasteiger partial charge in [0.25, 0.3) is 5.91 Å². The van der Waals surface area contributed by atoms with Gasteiger partial charge in [0.2, 0.25) is 0 Å². The quantitative estimate of drug-likeness (QED) is 0.739. The largest absolute Gasteiger partial charge is 0.366 e. The molecule has 0 unspecified atom stereocenters. The Kier molecular flexibility index (Phi) is 5.53. The number of carbonyl (C=O) groups excluding carboxylic acids is 1. The topological polar surface area (TPSA) is 58.1 Å². The van der Waals surface area contributed by atoms with Gasteiger partial charge in [0, 0.05) is 26.2 Å². The molecule has 1 N–H and O–H groups in total. The Bertz CT molecular complexity index is 868. The predicted octanol–water partition coefficient (Wildman–Crippen LogP) is 3.50. The van der Waals surface area contributed by atoms with Crippen molar-refractivity contribution < 1.29 is 9.18 Å². The van der Waals surface area contributed by atoms with Gasteiger partial charge in [0.05, 0.1) is 0 Å². The van der Waals surface area contributed by atoms with Crippen LogP contribution in [0, 0.1) is 5.82 Å². The van der Waals surface area contributed by atoms with Crippen LogP contribution in [-0.4, -0.2) is 27.8 Å². The van der Waals surface area contributed by atoms with E-state index >= 15 is 0 Å². The average Bonchev–Trinajstić information content (AvgIpc) is 2.68. The minimum Gasteiger partial charge on any atom is -0.366 e. The van der Waals surface area contributed by atoms with E-state index in [9.17, 15) is 9.18 Å². The number of halogens is 1. The van der Waals surface area contributed by atoms with Crippen LogP contribution in [0.5, 0.6) is 0 Å². The number of anilines is 1. The average molecular weight is 350 g/mol. The molecule has 0 aliphatic carbocycles. The Morgan fingerprint density at radius 3 is 2.50 bits per heavy atom. The lowest BCUT2D eigenvalue weighted by atomic mass is 10.2. The van der Waals surface area contributed by atoms with Gasteiger partial charge in [-0.2, -0.15) is 0 Å². The van der Waals surface area contributed by atoms with Gasteiger partial charge in [0.15, 0.2) is 0 Å². The van der Waals surface area contributed by atoms with Crippen molar-refractivity contribution in [2.24, 2.45) is 0 Å². The SMILES string of the molecule is CN(Cc1ccccc1)C(=O)c1cc(NCc2ccc(F)cc2)ncn1. The molecule has 0 saturated carbocycles. The second kappa shape index (κ2) is 8.20. The van der Waals surface area contributed by atoms with Crippen molar-refractivity contribution in [3.63, 3.8) is 0 Å². The number of benzene rings is 2. The molecule has 0 aliphatic heterocycles. The van der Waals surface area contributed by atoms with E-state index in [-0.39, 0.29) is 11.7 Å². The normalized spacial score (nSPS) is 10.4. The highest BCUT2D eigenvalue weighted by Gasteiger charge is 2.14. The van der Waals surface area contributed by atoms with Crippen LogP contribution in [-0.2, 0) is 13.1 Å². The number of nitrogens with one attached hydrogen (secondary N) is 1. The number of amides is 1. The number of hydrogen-bond acceptors (Lipinski definition) is 4. The lowest BCUT2D eigenvalue weighted by molar-refractivity contribution is 0.0779. The summed E-state index contributed by atoms with van der Waals surface area (Å²) in [7, 11) is 1.74. The Labute approximate surface area is 151 Å². The molecular weight excluding hydrogens is 331 g/mol. The molecule has 0 spiro atoms. The van der Waals surface area contributed by atoms with Crippen LogP contribution in [0.15, 0.2) is 67.0 Å². The van der Waals surface area contributed by atoms with Crippen LogP contribution in [0.4, 0.5) is 10.2 Å². The molecule has 6 heteroatoms. The van der Waals surface area contributed by atoms with E-state index in [1.54, 1.807) is 30.1 Å². The predicted molar refractivity (Wildman–Crippen MR) is 98.0 cm³/mol. The zero-order chi connectivity index (χ0) is 18.4. The van der Waals surface area contributed by atoms with Gasteiger partial charge in [-0.3, -0.25) is 4.79 Å². The zero-order valence-corrected chi connectivity index (χ0v) is 14.4. The van der Waals surface area contributed by atoms with Gasteiger partial charge in [0.1, 0.15) is 23.7 Å². The number of aromatic nitrogens is 2. The van der Waals surface area contributed by atoms with Crippen molar-refractivity contribution in [1.82, 2.24) is 14.9 Å². The van der Waals surface area contributed by atoms with Crippen LogP contribution in [0.3, 0.4) is 0 Å². The Hall–Kier alpha value is -3.28.